The molecule has 0 aliphatic carbocycles. The Bertz CT molecular complexity index is 704. The molecule has 0 saturated carbocycles. The molecule has 0 radical (unpaired) electrons. The van der Waals surface area contributed by atoms with Gasteiger partial charge in [-0.25, -0.2) is 4.99 Å². The van der Waals surface area contributed by atoms with Crippen LogP contribution in [0.4, 0.5) is 0 Å². The van der Waals surface area contributed by atoms with Crippen molar-refractivity contribution in [2.75, 3.05) is 72.2 Å². The van der Waals surface area contributed by atoms with E-state index in [4.69, 9.17) is 14.5 Å². The number of morpholine rings is 1. The van der Waals surface area contributed by atoms with Crippen LogP contribution in [0, 0.1) is 0 Å². The lowest BCUT2D eigenvalue weighted by atomic mass is 10.2. The normalized spacial score (nSPS) is 17.8. The molecule has 0 aromatic heterocycles. The van der Waals surface area contributed by atoms with Crippen LogP contribution in [0.5, 0.6) is 5.75 Å². The van der Waals surface area contributed by atoms with E-state index in [9.17, 15) is 4.79 Å². The summed E-state index contributed by atoms with van der Waals surface area (Å²) >= 11 is 0. The number of hydrogen-bond acceptors (Lipinski definition) is 5. The summed E-state index contributed by atoms with van der Waals surface area (Å²) < 4.78 is 11.5. The second kappa shape index (κ2) is 13.7. The smallest absolute Gasteiger partial charge is 0.219 e. The molecule has 0 unspecified atom stereocenters. The summed E-state index contributed by atoms with van der Waals surface area (Å²) in [5.41, 5.74) is 1.08. The Morgan fingerprint density at radius 1 is 1.10 bits per heavy atom. The molecule has 0 spiro atoms. The summed E-state index contributed by atoms with van der Waals surface area (Å²) in [7, 11) is 0. The second-order valence-electron chi connectivity index (χ2n) is 7.57. The average molecular weight is 545 g/mol. The molecule has 2 aliphatic heterocycles. The highest BCUT2D eigenvalue weighted by atomic mass is 127. The first-order valence-corrected chi connectivity index (χ1v) is 11.0. The number of aliphatic imine (C=N–C) groups is 1. The number of carbonyl (C=O) groups is 1. The van der Waals surface area contributed by atoms with Gasteiger partial charge >= 0.3 is 0 Å². The van der Waals surface area contributed by atoms with E-state index in [1.165, 1.54) is 0 Å². The zero-order valence-electron chi connectivity index (χ0n) is 18.7. The molecule has 1 N–H and O–H groups in total. The fourth-order valence-corrected chi connectivity index (χ4v) is 3.70. The maximum Gasteiger partial charge on any atom is 0.219 e. The Balaban J connectivity index is 0.00000341. The molecule has 2 aliphatic rings. The number of halogens is 1. The predicted octanol–water partition coefficient (Wildman–Crippen LogP) is 1.65. The molecule has 1 amide bonds. The van der Waals surface area contributed by atoms with E-state index in [1.54, 1.807) is 6.92 Å². The number of guanidine groups is 1. The molecule has 0 atom stereocenters. The molecule has 1 aromatic rings. The summed E-state index contributed by atoms with van der Waals surface area (Å²) in [4.78, 5) is 22.9. The van der Waals surface area contributed by atoms with Gasteiger partial charge in [-0.05, 0) is 13.0 Å². The van der Waals surface area contributed by atoms with E-state index in [0.29, 0.717) is 13.2 Å². The van der Waals surface area contributed by atoms with Gasteiger partial charge in [0.2, 0.25) is 5.91 Å². The van der Waals surface area contributed by atoms with Gasteiger partial charge in [0.05, 0.1) is 19.8 Å². The molecular formula is C22H36IN5O3. The van der Waals surface area contributed by atoms with Gasteiger partial charge in [0.1, 0.15) is 12.4 Å². The average Bonchev–Trinajstić information content (AvgIpc) is 2.78. The van der Waals surface area contributed by atoms with Gasteiger partial charge in [-0.15, -0.1) is 24.0 Å². The predicted molar refractivity (Wildman–Crippen MR) is 133 cm³/mol. The Hall–Kier alpha value is -1.59. The lowest BCUT2D eigenvalue weighted by molar-refractivity contribution is -0.130. The second-order valence-corrected chi connectivity index (χ2v) is 7.57. The summed E-state index contributed by atoms with van der Waals surface area (Å²) in [6, 6.07) is 8.12. The maximum atomic E-state index is 11.6. The van der Waals surface area contributed by atoms with E-state index < -0.39 is 0 Å². The summed E-state index contributed by atoms with van der Waals surface area (Å²) in [5.74, 6) is 1.93. The van der Waals surface area contributed by atoms with Gasteiger partial charge in [-0.1, -0.05) is 18.2 Å². The topological polar surface area (TPSA) is 69.6 Å². The lowest BCUT2D eigenvalue weighted by Crippen LogP contribution is -2.53. The van der Waals surface area contributed by atoms with E-state index >= 15 is 0 Å². The number of benzene rings is 1. The molecule has 0 bridgehead atoms. The fourth-order valence-electron chi connectivity index (χ4n) is 3.70. The van der Waals surface area contributed by atoms with Crippen molar-refractivity contribution in [2.24, 2.45) is 4.99 Å². The van der Waals surface area contributed by atoms with Crippen LogP contribution in [0.2, 0.25) is 0 Å². The van der Waals surface area contributed by atoms with Crippen molar-refractivity contribution in [2.45, 2.75) is 20.4 Å². The molecule has 3 rings (SSSR count). The third-order valence-corrected chi connectivity index (χ3v) is 5.50. The molecular weight excluding hydrogens is 509 g/mol. The van der Waals surface area contributed by atoms with Crippen LogP contribution in [-0.2, 0) is 16.1 Å². The summed E-state index contributed by atoms with van der Waals surface area (Å²) in [5, 5.41) is 3.39. The number of ether oxygens (including phenoxy) is 2. The minimum Gasteiger partial charge on any atom is -0.492 e. The van der Waals surface area contributed by atoms with Gasteiger partial charge in [0, 0.05) is 64.8 Å². The third kappa shape index (κ3) is 8.12. The highest BCUT2D eigenvalue weighted by Crippen LogP contribution is 2.19. The van der Waals surface area contributed by atoms with Crippen molar-refractivity contribution in [1.29, 1.82) is 0 Å². The van der Waals surface area contributed by atoms with Crippen LogP contribution < -0.4 is 10.1 Å². The van der Waals surface area contributed by atoms with Gasteiger partial charge in [0.15, 0.2) is 5.96 Å². The molecule has 2 saturated heterocycles. The molecule has 31 heavy (non-hydrogen) atoms. The first kappa shape index (κ1) is 25.7. The number of nitrogens with zero attached hydrogens (tertiary/aromatic N) is 4. The van der Waals surface area contributed by atoms with Crippen molar-refractivity contribution >= 4 is 35.8 Å². The Morgan fingerprint density at radius 2 is 1.77 bits per heavy atom. The van der Waals surface area contributed by atoms with Crippen LogP contribution in [0.3, 0.4) is 0 Å². The number of carbonyl (C=O) groups excluding carboxylic acids is 1. The van der Waals surface area contributed by atoms with Crippen LogP contribution in [0.25, 0.3) is 0 Å². The number of nitrogens with one attached hydrogen (secondary N) is 1. The van der Waals surface area contributed by atoms with Gasteiger partial charge in [-0.2, -0.15) is 0 Å². The van der Waals surface area contributed by atoms with Gasteiger partial charge in [-0.3, -0.25) is 9.69 Å². The maximum absolute atomic E-state index is 11.6. The standard InChI is InChI=1S/C22H35N5O3.HI/c1-3-23-22(27-10-8-26(9-11-27)19(2)28)24-18-20-6-4-5-7-21(20)30-17-14-25-12-15-29-16-13-25;/h4-7H,3,8-18H2,1-2H3,(H,23,24);1H. The molecule has 8 nitrogen and oxygen atoms in total. The van der Waals surface area contributed by atoms with Crippen molar-refractivity contribution in [3.63, 3.8) is 0 Å². The molecule has 9 heteroatoms. The van der Waals surface area contributed by atoms with Crippen LogP contribution in [-0.4, -0.2) is 98.7 Å². The number of hydrogen-bond donors (Lipinski definition) is 1. The quantitative estimate of drug-likeness (QED) is 0.320. The molecule has 2 heterocycles. The van der Waals surface area contributed by atoms with Crippen LogP contribution in [0.1, 0.15) is 19.4 Å². The van der Waals surface area contributed by atoms with Crippen LogP contribution >= 0.6 is 24.0 Å². The van der Waals surface area contributed by atoms with Gasteiger partial charge < -0.3 is 24.6 Å². The number of para-hydroxylation sites is 1. The molecule has 2 fully saturated rings. The van der Waals surface area contributed by atoms with Gasteiger partial charge in [0.25, 0.3) is 0 Å². The largest absolute Gasteiger partial charge is 0.492 e. The fraction of sp³-hybridized carbons (Fsp3) is 0.636. The first-order valence-electron chi connectivity index (χ1n) is 11.0. The monoisotopic (exact) mass is 545 g/mol. The number of amides is 1. The molecule has 1 aromatic carbocycles. The summed E-state index contributed by atoms with van der Waals surface area (Å²) in [6.45, 7) is 13.3. The SMILES string of the molecule is CCNC(=NCc1ccccc1OCCN1CCOCC1)N1CCN(C(C)=O)CC1.I. The Labute approximate surface area is 203 Å². The minimum atomic E-state index is 0. The van der Waals surface area contributed by atoms with E-state index in [2.05, 4.69) is 28.1 Å². The van der Waals surface area contributed by atoms with Crippen molar-refractivity contribution in [3.05, 3.63) is 29.8 Å². The summed E-state index contributed by atoms with van der Waals surface area (Å²) in [6.07, 6.45) is 0. The van der Waals surface area contributed by atoms with Crippen LogP contribution in [0.15, 0.2) is 29.3 Å². The minimum absolute atomic E-state index is 0. The van der Waals surface area contributed by atoms with Crippen molar-refractivity contribution in [1.82, 2.24) is 20.0 Å². The zero-order chi connectivity index (χ0) is 21.2. The number of rotatable bonds is 7. The molecule has 174 valence electrons. The third-order valence-electron chi connectivity index (χ3n) is 5.50. The lowest BCUT2D eigenvalue weighted by Gasteiger charge is -2.36. The van der Waals surface area contributed by atoms with Crippen molar-refractivity contribution in [3.8, 4) is 5.75 Å². The Morgan fingerprint density at radius 3 is 2.45 bits per heavy atom. The highest BCUT2D eigenvalue weighted by molar-refractivity contribution is 14.0. The number of piperazine rings is 1. The Kier molecular flexibility index (Phi) is 11.4. The van der Waals surface area contributed by atoms with E-state index in [0.717, 1.165) is 82.8 Å². The highest BCUT2D eigenvalue weighted by Gasteiger charge is 2.21. The van der Waals surface area contributed by atoms with E-state index in [1.807, 2.05) is 23.1 Å². The van der Waals surface area contributed by atoms with E-state index in [-0.39, 0.29) is 29.9 Å². The first-order chi connectivity index (χ1) is 14.7. The van der Waals surface area contributed by atoms with Crippen molar-refractivity contribution < 1.29 is 14.3 Å². The zero-order valence-corrected chi connectivity index (χ0v) is 21.0.